The Morgan fingerprint density at radius 3 is 2.76 bits per heavy atom. The molecule has 0 unspecified atom stereocenters. The molecular weight excluding hydrogens is 316 g/mol. The fourth-order valence-electron chi connectivity index (χ4n) is 3.48. The summed E-state index contributed by atoms with van der Waals surface area (Å²) in [6.45, 7) is 4.58. The van der Waals surface area contributed by atoms with E-state index in [0.29, 0.717) is 5.56 Å². The van der Waals surface area contributed by atoms with E-state index in [1.165, 1.54) is 5.56 Å². The molecule has 1 aliphatic rings. The monoisotopic (exact) mass is 342 g/mol. The van der Waals surface area contributed by atoms with Gasteiger partial charge in [0.25, 0.3) is 5.91 Å². The zero-order valence-electron chi connectivity index (χ0n) is 14.9. The highest BCUT2D eigenvalue weighted by molar-refractivity contribution is 5.94. The lowest BCUT2D eigenvalue weighted by Gasteiger charge is -2.38. The van der Waals surface area contributed by atoms with Gasteiger partial charge in [-0.25, -0.2) is 0 Å². The van der Waals surface area contributed by atoms with Crippen LogP contribution in [-0.4, -0.2) is 51.4 Å². The van der Waals surface area contributed by atoms with E-state index < -0.39 is 0 Å². The Morgan fingerprint density at radius 2 is 2.12 bits per heavy atom. The van der Waals surface area contributed by atoms with E-state index in [4.69, 9.17) is 0 Å². The number of likely N-dealkylation sites (tertiary alicyclic amines) is 1. The topological polar surface area (TPSA) is 70.4 Å². The Balaban J connectivity index is 1.66. The lowest BCUT2D eigenvalue weighted by molar-refractivity contribution is 0.0730. The van der Waals surface area contributed by atoms with E-state index in [1.54, 1.807) is 0 Å². The first-order chi connectivity index (χ1) is 12.1. The number of amides is 1. The predicted molar refractivity (Wildman–Crippen MR) is 96.1 cm³/mol. The molecule has 1 aliphatic heterocycles. The van der Waals surface area contributed by atoms with Crippen LogP contribution < -0.4 is 5.32 Å². The van der Waals surface area contributed by atoms with Gasteiger partial charge in [-0.2, -0.15) is 5.10 Å². The number of benzene rings is 1. The van der Waals surface area contributed by atoms with Crippen LogP contribution >= 0.6 is 0 Å². The Morgan fingerprint density at radius 1 is 1.36 bits per heavy atom. The molecule has 6 nitrogen and oxygen atoms in total. The van der Waals surface area contributed by atoms with E-state index in [9.17, 15) is 9.90 Å². The number of nitrogens with zero attached hydrogens (tertiary/aromatic N) is 3. The molecule has 6 heteroatoms. The van der Waals surface area contributed by atoms with Gasteiger partial charge < -0.3 is 10.4 Å². The van der Waals surface area contributed by atoms with Crippen LogP contribution in [0.5, 0.6) is 0 Å². The van der Waals surface area contributed by atoms with Crippen molar-refractivity contribution >= 4 is 5.91 Å². The lowest BCUT2D eigenvalue weighted by Crippen LogP contribution is -2.53. The van der Waals surface area contributed by atoms with Gasteiger partial charge in [-0.1, -0.05) is 18.2 Å². The number of carbonyl (C=O) groups is 1. The molecule has 0 radical (unpaired) electrons. The summed E-state index contributed by atoms with van der Waals surface area (Å²) in [6.07, 6.45) is 2.92. The van der Waals surface area contributed by atoms with Crippen molar-refractivity contribution in [2.45, 2.75) is 25.9 Å². The molecule has 1 saturated heterocycles. The van der Waals surface area contributed by atoms with Crippen molar-refractivity contribution in [1.29, 1.82) is 0 Å². The highest BCUT2D eigenvalue weighted by Gasteiger charge is 2.30. The third-order valence-electron chi connectivity index (χ3n) is 4.94. The molecule has 1 aromatic heterocycles. The minimum Gasteiger partial charge on any atom is -0.396 e. The quantitative estimate of drug-likeness (QED) is 0.860. The van der Waals surface area contributed by atoms with Gasteiger partial charge in [-0.05, 0) is 32.0 Å². The second-order valence-electron chi connectivity index (χ2n) is 6.83. The van der Waals surface area contributed by atoms with Crippen LogP contribution in [0.4, 0.5) is 0 Å². The number of aliphatic hydroxyl groups is 1. The molecule has 0 spiro atoms. The summed E-state index contributed by atoms with van der Waals surface area (Å²) in [5, 5.41) is 17.2. The Bertz CT molecular complexity index is 713. The summed E-state index contributed by atoms with van der Waals surface area (Å²) in [4.78, 5) is 14.8. The number of rotatable bonds is 5. The number of piperidine rings is 1. The van der Waals surface area contributed by atoms with Gasteiger partial charge in [-0.15, -0.1) is 0 Å². The van der Waals surface area contributed by atoms with E-state index in [1.807, 2.05) is 55.2 Å². The fourth-order valence-corrected chi connectivity index (χ4v) is 3.48. The molecule has 0 saturated carbocycles. The Hall–Kier alpha value is -2.18. The minimum atomic E-state index is -0.0801. The van der Waals surface area contributed by atoms with Crippen LogP contribution in [0.25, 0.3) is 0 Å². The largest absolute Gasteiger partial charge is 0.396 e. The molecule has 1 aromatic carbocycles. The van der Waals surface area contributed by atoms with Crippen molar-refractivity contribution in [3.8, 4) is 0 Å². The average Bonchev–Trinajstić information content (AvgIpc) is 2.93. The van der Waals surface area contributed by atoms with Gasteiger partial charge in [-0.3, -0.25) is 14.4 Å². The van der Waals surface area contributed by atoms with Crippen LogP contribution in [-0.2, 0) is 13.6 Å². The number of hydrogen-bond acceptors (Lipinski definition) is 4. The van der Waals surface area contributed by atoms with Gasteiger partial charge in [0.1, 0.15) is 0 Å². The number of nitrogens with one attached hydrogen (secondary N) is 1. The normalized spacial score (nSPS) is 21.2. The van der Waals surface area contributed by atoms with Crippen molar-refractivity contribution < 1.29 is 9.90 Å². The Labute approximate surface area is 148 Å². The highest BCUT2D eigenvalue weighted by Crippen LogP contribution is 2.20. The third kappa shape index (κ3) is 4.27. The van der Waals surface area contributed by atoms with E-state index in [-0.39, 0.29) is 24.5 Å². The smallest absolute Gasteiger partial charge is 0.251 e. The predicted octanol–water partition coefficient (Wildman–Crippen LogP) is 1.34. The molecule has 1 amide bonds. The number of aliphatic hydroxyl groups excluding tert-OH is 1. The van der Waals surface area contributed by atoms with Crippen LogP contribution in [0, 0.1) is 12.8 Å². The molecule has 2 N–H and O–H groups in total. The zero-order valence-corrected chi connectivity index (χ0v) is 14.9. The van der Waals surface area contributed by atoms with Gasteiger partial charge >= 0.3 is 0 Å². The molecular formula is C19H26N4O2. The second kappa shape index (κ2) is 7.80. The molecule has 0 aliphatic carbocycles. The van der Waals surface area contributed by atoms with Crippen LogP contribution in [0.2, 0.25) is 0 Å². The maximum Gasteiger partial charge on any atom is 0.251 e. The van der Waals surface area contributed by atoms with Gasteiger partial charge in [0.2, 0.25) is 0 Å². The van der Waals surface area contributed by atoms with Gasteiger partial charge in [0.05, 0.1) is 5.69 Å². The van der Waals surface area contributed by atoms with Gasteiger partial charge in [0.15, 0.2) is 0 Å². The van der Waals surface area contributed by atoms with Crippen LogP contribution in [0.1, 0.15) is 28.0 Å². The first-order valence-corrected chi connectivity index (χ1v) is 8.75. The lowest BCUT2D eigenvalue weighted by atomic mass is 9.91. The van der Waals surface area contributed by atoms with Crippen molar-refractivity contribution in [3.63, 3.8) is 0 Å². The molecule has 2 atom stereocenters. The first kappa shape index (κ1) is 17.6. The number of hydrogen-bond donors (Lipinski definition) is 2. The number of carbonyl (C=O) groups excluding carboxylic acids is 1. The first-order valence-electron chi connectivity index (χ1n) is 8.75. The maximum absolute atomic E-state index is 12.5. The molecule has 2 heterocycles. The summed E-state index contributed by atoms with van der Waals surface area (Å²) in [5.41, 5.74) is 2.90. The van der Waals surface area contributed by atoms with E-state index in [2.05, 4.69) is 15.3 Å². The summed E-state index contributed by atoms with van der Waals surface area (Å²) >= 11 is 0. The van der Waals surface area contributed by atoms with E-state index in [0.717, 1.165) is 31.7 Å². The average molecular weight is 342 g/mol. The minimum absolute atomic E-state index is 0.0524. The molecule has 1 fully saturated rings. The highest BCUT2D eigenvalue weighted by atomic mass is 16.3. The van der Waals surface area contributed by atoms with Crippen LogP contribution in [0.15, 0.2) is 36.5 Å². The molecule has 134 valence electrons. The Kier molecular flexibility index (Phi) is 5.50. The zero-order chi connectivity index (χ0) is 17.8. The summed E-state index contributed by atoms with van der Waals surface area (Å²) in [6, 6.07) is 9.18. The fraction of sp³-hybridized carbons (Fsp3) is 0.474. The van der Waals surface area contributed by atoms with Crippen molar-refractivity contribution in [2.75, 3.05) is 19.7 Å². The number of aryl methyl sites for hydroxylation is 2. The van der Waals surface area contributed by atoms with Crippen LogP contribution in [0.3, 0.4) is 0 Å². The van der Waals surface area contributed by atoms with E-state index >= 15 is 0 Å². The SMILES string of the molecule is Cc1nn(C)cc1CN1CC[C@H](CO)[C@H](NC(=O)c2ccccc2)C1. The maximum atomic E-state index is 12.5. The standard InChI is InChI=1S/C19H26N4O2/c1-14-17(10-22(2)21-14)11-23-9-8-16(13-24)18(12-23)20-19(25)15-6-4-3-5-7-15/h3-7,10,16,18,24H,8-9,11-13H2,1-2H3,(H,20,25)/t16-,18-/m1/s1. The molecule has 0 bridgehead atoms. The third-order valence-corrected chi connectivity index (χ3v) is 4.94. The number of aromatic nitrogens is 2. The summed E-state index contributed by atoms with van der Waals surface area (Å²) in [5.74, 6) is 0.0161. The summed E-state index contributed by atoms with van der Waals surface area (Å²) in [7, 11) is 1.93. The molecule has 25 heavy (non-hydrogen) atoms. The van der Waals surface area contributed by atoms with Crippen molar-refractivity contribution in [1.82, 2.24) is 20.0 Å². The van der Waals surface area contributed by atoms with Crippen molar-refractivity contribution in [3.05, 3.63) is 53.3 Å². The molecule has 2 aromatic rings. The second-order valence-corrected chi connectivity index (χ2v) is 6.83. The molecule has 3 rings (SSSR count). The van der Waals surface area contributed by atoms with Gasteiger partial charge in [0, 0.05) is 56.0 Å². The van der Waals surface area contributed by atoms with Crippen molar-refractivity contribution in [2.24, 2.45) is 13.0 Å². The summed E-state index contributed by atoms with van der Waals surface area (Å²) < 4.78 is 1.83.